The second-order valence-corrected chi connectivity index (χ2v) is 6.74. The second-order valence-electron chi connectivity index (χ2n) is 6.74. The Morgan fingerprint density at radius 1 is 1.12 bits per heavy atom. The molecule has 25 heavy (non-hydrogen) atoms. The summed E-state index contributed by atoms with van der Waals surface area (Å²) in [5.41, 5.74) is 3.45. The number of rotatable bonds is 3. The molecule has 1 aromatic heterocycles. The number of benzene rings is 1. The topological polar surface area (TPSA) is 72.4 Å². The monoisotopic (exact) mass is 341 g/mol. The number of aryl methyl sites for hydroxylation is 2. The van der Waals surface area contributed by atoms with E-state index < -0.39 is 5.97 Å². The third-order valence-electron chi connectivity index (χ3n) is 4.77. The van der Waals surface area contributed by atoms with Gasteiger partial charge in [0.25, 0.3) is 5.91 Å². The third kappa shape index (κ3) is 3.95. The molecule has 1 aromatic carbocycles. The van der Waals surface area contributed by atoms with Crippen LogP contribution < -0.4 is 0 Å². The number of carbonyl (C=O) groups excluding carboxylic acids is 2. The van der Waals surface area contributed by atoms with Gasteiger partial charge in [-0.15, -0.1) is 0 Å². The highest BCUT2D eigenvalue weighted by Gasteiger charge is 2.21. The molecule has 2 aromatic rings. The van der Waals surface area contributed by atoms with Crippen LogP contribution in [0.5, 0.6) is 0 Å². The summed E-state index contributed by atoms with van der Waals surface area (Å²) in [6, 6.07) is 5.06. The first-order chi connectivity index (χ1) is 11.9. The minimum absolute atomic E-state index is 0.132. The molecule has 6 heteroatoms. The molecule has 0 atom stereocenters. The van der Waals surface area contributed by atoms with Crippen LogP contribution in [0.3, 0.4) is 0 Å². The molecule has 0 radical (unpaired) electrons. The number of hydrogen-bond donors (Lipinski definition) is 0. The Bertz CT molecular complexity index is 811. The lowest BCUT2D eigenvalue weighted by atomic mass is 9.99. The van der Waals surface area contributed by atoms with E-state index in [1.54, 1.807) is 23.1 Å². The molecule has 2 heterocycles. The van der Waals surface area contributed by atoms with E-state index in [1.807, 2.05) is 13.8 Å². The Morgan fingerprint density at radius 2 is 1.76 bits per heavy atom. The van der Waals surface area contributed by atoms with Crippen molar-refractivity contribution in [2.75, 3.05) is 19.7 Å². The molecule has 6 nitrogen and oxygen atoms in total. The summed E-state index contributed by atoms with van der Waals surface area (Å²) in [6.07, 6.45) is 2.00. The van der Waals surface area contributed by atoms with E-state index in [-0.39, 0.29) is 12.5 Å². The van der Waals surface area contributed by atoms with Gasteiger partial charge in [0.2, 0.25) is 0 Å². The molecule has 1 aliphatic rings. The summed E-state index contributed by atoms with van der Waals surface area (Å²) >= 11 is 0. The van der Waals surface area contributed by atoms with Crippen molar-refractivity contribution in [1.29, 1.82) is 0 Å². The maximum absolute atomic E-state index is 12.2. The van der Waals surface area contributed by atoms with Gasteiger partial charge in [0.05, 0.1) is 28.0 Å². The fraction of sp³-hybridized carbons (Fsp3) is 0.474. The zero-order valence-corrected chi connectivity index (χ0v) is 14.9. The van der Waals surface area contributed by atoms with E-state index in [1.165, 1.54) is 0 Å². The number of piperidine rings is 1. The molecule has 0 unspecified atom stereocenters. The van der Waals surface area contributed by atoms with Crippen LogP contribution in [0.15, 0.2) is 18.2 Å². The van der Waals surface area contributed by atoms with Gasteiger partial charge in [0.1, 0.15) is 0 Å². The smallest absolute Gasteiger partial charge is 0.338 e. The summed E-state index contributed by atoms with van der Waals surface area (Å²) in [5.74, 6) is 0.00496. The predicted octanol–water partition coefficient (Wildman–Crippen LogP) is 2.66. The number of esters is 1. The summed E-state index contributed by atoms with van der Waals surface area (Å²) < 4.78 is 5.19. The van der Waals surface area contributed by atoms with Crippen molar-refractivity contribution >= 4 is 22.9 Å². The van der Waals surface area contributed by atoms with E-state index in [2.05, 4.69) is 16.9 Å². The fourth-order valence-corrected chi connectivity index (χ4v) is 2.92. The van der Waals surface area contributed by atoms with Gasteiger partial charge in [-0.3, -0.25) is 4.79 Å². The Balaban J connectivity index is 1.64. The Hall–Kier alpha value is -2.50. The molecule has 1 amide bonds. The van der Waals surface area contributed by atoms with Gasteiger partial charge in [-0.1, -0.05) is 6.92 Å². The Morgan fingerprint density at radius 3 is 2.44 bits per heavy atom. The summed E-state index contributed by atoms with van der Waals surface area (Å²) in [5, 5.41) is 0. The average Bonchev–Trinajstić information content (AvgIpc) is 2.60. The molecule has 132 valence electrons. The molecule has 0 saturated carbocycles. The lowest BCUT2D eigenvalue weighted by Crippen LogP contribution is -2.40. The number of fused-ring (bicyclic) bond motifs is 1. The molecule has 0 aliphatic carbocycles. The molecule has 0 N–H and O–H groups in total. The number of nitrogens with zero attached hydrogens (tertiary/aromatic N) is 3. The van der Waals surface area contributed by atoms with Crippen LogP contribution in [-0.4, -0.2) is 46.4 Å². The third-order valence-corrected chi connectivity index (χ3v) is 4.77. The van der Waals surface area contributed by atoms with Crippen LogP contribution in [0, 0.1) is 19.8 Å². The number of aromatic nitrogens is 2. The first-order valence-electron chi connectivity index (χ1n) is 8.64. The van der Waals surface area contributed by atoms with Crippen molar-refractivity contribution < 1.29 is 14.3 Å². The molecule has 0 bridgehead atoms. The average molecular weight is 341 g/mol. The van der Waals surface area contributed by atoms with Crippen molar-refractivity contribution in [3.8, 4) is 0 Å². The molecular formula is C19H23N3O3. The first-order valence-corrected chi connectivity index (χ1v) is 8.64. The second kappa shape index (κ2) is 7.17. The fourth-order valence-electron chi connectivity index (χ4n) is 2.92. The molecule has 0 spiro atoms. The van der Waals surface area contributed by atoms with Crippen LogP contribution >= 0.6 is 0 Å². The maximum atomic E-state index is 12.2. The minimum atomic E-state index is -0.513. The first kappa shape index (κ1) is 17.3. The molecular weight excluding hydrogens is 318 g/mol. The molecule has 1 saturated heterocycles. The van der Waals surface area contributed by atoms with Crippen molar-refractivity contribution in [2.45, 2.75) is 33.6 Å². The van der Waals surface area contributed by atoms with Crippen LogP contribution in [0.1, 0.15) is 41.5 Å². The zero-order valence-electron chi connectivity index (χ0n) is 14.9. The summed E-state index contributed by atoms with van der Waals surface area (Å²) in [6.45, 7) is 7.23. The van der Waals surface area contributed by atoms with Crippen LogP contribution in [0.2, 0.25) is 0 Å². The van der Waals surface area contributed by atoms with E-state index in [0.29, 0.717) is 17.0 Å². The summed E-state index contributed by atoms with van der Waals surface area (Å²) in [4.78, 5) is 35.1. The number of amides is 1. The highest BCUT2D eigenvalue weighted by Crippen LogP contribution is 2.17. The predicted molar refractivity (Wildman–Crippen MR) is 94.3 cm³/mol. The van der Waals surface area contributed by atoms with Crippen molar-refractivity contribution in [2.24, 2.45) is 5.92 Å². The summed E-state index contributed by atoms with van der Waals surface area (Å²) in [7, 11) is 0. The van der Waals surface area contributed by atoms with Gasteiger partial charge < -0.3 is 9.64 Å². The van der Waals surface area contributed by atoms with E-state index in [4.69, 9.17) is 4.74 Å². The SMILES string of the molecule is Cc1nc2ccc(C(=O)OCC(=O)N3CCC(C)CC3)cc2nc1C. The van der Waals surface area contributed by atoms with Gasteiger partial charge in [-0.25, -0.2) is 14.8 Å². The van der Waals surface area contributed by atoms with Gasteiger partial charge in [0, 0.05) is 13.1 Å². The number of hydrogen-bond acceptors (Lipinski definition) is 5. The highest BCUT2D eigenvalue weighted by molar-refractivity contribution is 5.94. The molecule has 3 rings (SSSR count). The van der Waals surface area contributed by atoms with Crippen molar-refractivity contribution in [1.82, 2.24) is 14.9 Å². The molecule has 1 aliphatic heterocycles. The molecule has 1 fully saturated rings. The largest absolute Gasteiger partial charge is 0.452 e. The lowest BCUT2D eigenvalue weighted by molar-refractivity contribution is -0.135. The number of carbonyl (C=O) groups is 2. The van der Waals surface area contributed by atoms with E-state index in [9.17, 15) is 9.59 Å². The van der Waals surface area contributed by atoms with Crippen LogP contribution in [-0.2, 0) is 9.53 Å². The maximum Gasteiger partial charge on any atom is 0.338 e. The Labute approximate surface area is 147 Å². The minimum Gasteiger partial charge on any atom is -0.452 e. The van der Waals surface area contributed by atoms with Crippen LogP contribution in [0.4, 0.5) is 0 Å². The Kier molecular flexibility index (Phi) is 4.97. The quantitative estimate of drug-likeness (QED) is 0.803. The van der Waals surface area contributed by atoms with E-state index >= 15 is 0 Å². The van der Waals surface area contributed by atoms with Gasteiger partial charge in [-0.2, -0.15) is 0 Å². The number of likely N-dealkylation sites (tertiary alicyclic amines) is 1. The van der Waals surface area contributed by atoms with Crippen molar-refractivity contribution in [3.63, 3.8) is 0 Å². The van der Waals surface area contributed by atoms with Gasteiger partial charge >= 0.3 is 5.97 Å². The van der Waals surface area contributed by atoms with Gasteiger partial charge in [0.15, 0.2) is 6.61 Å². The number of ether oxygens (including phenoxy) is 1. The standard InChI is InChI=1S/C19H23N3O3/c1-12-6-8-22(9-7-12)18(23)11-25-19(24)15-4-5-16-17(10-15)21-14(3)13(2)20-16/h4-5,10,12H,6-9,11H2,1-3H3. The lowest BCUT2D eigenvalue weighted by Gasteiger charge is -2.30. The zero-order chi connectivity index (χ0) is 18.0. The van der Waals surface area contributed by atoms with E-state index in [0.717, 1.165) is 42.8 Å². The van der Waals surface area contributed by atoms with Gasteiger partial charge in [-0.05, 0) is 50.8 Å². The highest BCUT2D eigenvalue weighted by atomic mass is 16.5. The van der Waals surface area contributed by atoms with Crippen molar-refractivity contribution in [3.05, 3.63) is 35.2 Å². The normalized spacial score (nSPS) is 15.4. The van der Waals surface area contributed by atoms with Crippen LogP contribution in [0.25, 0.3) is 11.0 Å².